The Morgan fingerprint density at radius 1 is 1.47 bits per heavy atom. The van der Waals surface area contributed by atoms with Crippen LogP contribution in [0, 0.1) is 0 Å². The van der Waals surface area contributed by atoms with E-state index in [4.69, 9.17) is 0 Å². The molecule has 92 valence electrons. The number of Topliss-reactive ketones (excluding diaryl/α,β-unsaturated/α-hetero) is 1. The highest BCUT2D eigenvalue weighted by Crippen LogP contribution is 2.35. The smallest absolute Gasteiger partial charge is 0.159 e. The Bertz CT molecular complexity index is 432. The van der Waals surface area contributed by atoms with Gasteiger partial charge in [-0.3, -0.25) is 4.79 Å². The van der Waals surface area contributed by atoms with E-state index >= 15 is 0 Å². The van der Waals surface area contributed by atoms with Crippen LogP contribution in [0.3, 0.4) is 0 Å². The minimum absolute atomic E-state index is 0.0142. The maximum atomic E-state index is 14.8. The minimum Gasteiger partial charge on any atom is -0.303 e. The van der Waals surface area contributed by atoms with Gasteiger partial charge in [-0.2, -0.15) is 0 Å². The fraction of sp³-hybridized carbons (Fsp3) is 0.500. The number of hydrogen-bond donors (Lipinski definition) is 0. The van der Waals surface area contributed by atoms with Crippen LogP contribution in [0.5, 0.6) is 0 Å². The number of nitrogens with zero attached hydrogens (tertiary/aromatic N) is 1. The molecule has 0 spiro atoms. The average molecular weight is 235 g/mol. The molecule has 0 aliphatic carbocycles. The summed E-state index contributed by atoms with van der Waals surface area (Å²) in [5, 5.41) is 0. The highest BCUT2D eigenvalue weighted by atomic mass is 19.1. The van der Waals surface area contributed by atoms with Crippen LogP contribution in [-0.2, 0) is 5.67 Å². The van der Waals surface area contributed by atoms with Crippen LogP contribution >= 0.6 is 0 Å². The molecule has 1 unspecified atom stereocenters. The van der Waals surface area contributed by atoms with Gasteiger partial charge in [-0.05, 0) is 45.0 Å². The standard InChI is InChI=1S/C14H18FNO/c1-11(17)12-5-3-6-13(9-12)14(15)7-4-8-16(2)10-14/h3,5-6,9H,4,7-8,10H2,1-2H3. The number of piperidine rings is 1. The number of hydrogen-bond acceptors (Lipinski definition) is 2. The van der Waals surface area contributed by atoms with Crippen molar-refractivity contribution >= 4 is 5.78 Å². The molecule has 2 nitrogen and oxygen atoms in total. The second kappa shape index (κ2) is 4.57. The van der Waals surface area contributed by atoms with Gasteiger partial charge in [-0.1, -0.05) is 18.2 Å². The van der Waals surface area contributed by atoms with Crippen molar-refractivity contribution in [1.29, 1.82) is 0 Å². The number of ketones is 1. The maximum Gasteiger partial charge on any atom is 0.159 e. The van der Waals surface area contributed by atoms with Gasteiger partial charge in [0.25, 0.3) is 0 Å². The zero-order chi connectivity index (χ0) is 12.5. The summed E-state index contributed by atoms with van der Waals surface area (Å²) in [6.07, 6.45) is 1.40. The summed E-state index contributed by atoms with van der Waals surface area (Å²) < 4.78 is 14.8. The van der Waals surface area contributed by atoms with E-state index in [2.05, 4.69) is 0 Å². The molecule has 0 amide bonds. The Balaban J connectivity index is 2.32. The molecular formula is C14H18FNO. The zero-order valence-electron chi connectivity index (χ0n) is 10.4. The van der Waals surface area contributed by atoms with Gasteiger partial charge in [-0.15, -0.1) is 0 Å². The number of rotatable bonds is 2. The van der Waals surface area contributed by atoms with Crippen molar-refractivity contribution in [2.45, 2.75) is 25.4 Å². The lowest BCUT2D eigenvalue weighted by Gasteiger charge is -2.35. The molecule has 3 heteroatoms. The lowest BCUT2D eigenvalue weighted by Crippen LogP contribution is -2.41. The Morgan fingerprint density at radius 2 is 2.24 bits per heavy atom. The van der Waals surface area contributed by atoms with Crippen molar-refractivity contribution in [2.75, 3.05) is 20.1 Å². The molecule has 1 fully saturated rings. The lowest BCUT2D eigenvalue weighted by atomic mass is 9.86. The first kappa shape index (κ1) is 12.2. The fourth-order valence-corrected chi connectivity index (χ4v) is 2.47. The molecular weight excluding hydrogens is 217 g/mol. The molecule has 1 aliphatic heterocycles. The molecule has 0 saturated carbocycles. The van der Waals surface area contributed by atoms with E-state index in [0.29, 0.717) is 24.1 Å². The predicted octanol–water partition coefficient (Wildman–Crippen LogP) is 2.78. The van der Waals surface area contributed by atoms with Crippen molar-refractivity contribution in [3.8, 4) is 0 Å². The van der Waals surface area contributed by atoms with Gasteiger partial charge in [0.05, 0.1) is 0 Å². The van der Waals surface area contributed by atoms with E-state index in [-0.39, 0.29) is 5.78 Å². The van der Waals surface area contributed by atoms with Gasteiger partial charge >= 0.3 is 0 Å². The number of carbonyl (C=O) groups is 1. The fourth-order valence-electron chi connectivity index (χ4n) is 2.47. The number of likely N-dealkylation sites (N-methyl/N-ethyl adjacent to an activating group) is 1. The van der Waals surface area contributed by atoms with E-state index in [1.807, 2.05) is 11.9 Å². The first-order valence-electron chi connectivity index (χ1n) is 6.00. The summed E-state index contributed by atoms with van der Waals surface area (Å²) in [6, 6.07) is 6.98. The highest BCUT2D eigenvalue weighted by Gasteiger charge is 2.36. The molecule has 0 aromatic heterocycles. The highest BCUT2D eigenvalue weighted by molar-refractivity contribution is 5.94. The molecule has 1 aromatic carbocycles. The summed E-state index contributed by atoms with van der Waals surface area (Å²) >= 11 is 0. The molecule has 0 bridgehead atoms. The number of likely N-dealkylation sites (tertiary alicyclic amines) is 1. The Kier molecular flexibility index (Phi) is 3.29. The van der Waals surface area contributed by atoms with E-state index < -0.39 is 5.67 Å². The van der Waals surface area contributed by atoms with Crippen molar-refractivity contribution < 1.29 is 9.18 Å². The van der Waals surface area contributed by atoms with Crippen LogP contribution in [0.1, 0.15) is 35.7 Å². The lowest BCUT2D eigenvalue weighted by molar-refractivity contribution is 0.0563. The molecule has 1 heterocycles. The van der Waals surface area contributed by atoms with Crippen LogP contribution in [0.2, 0.25) is 0 Å². The Hall–Kier alpha value is -1.22. The van der Waals surface area contributed by atoms with E-state index in [1.165, 1.54) is 6.92 Å². The van der Waals surface area contributed by atoms with E-state index in [1.54, 1.807) is 24.3 Å². The van der Waals surface area contributed by atoms with Gasteiger partial charge in [0.1, 0.15) is 5.67 Å². The maximum absolute atomic E-state index is 14.8. The monoisotopic (exact) mass is 235 g/mol. The Labute approximate surface area is 101 Å². The quantitative estimate of drug-likeness (QED) is 0.735. The van der Waals surface area contributed by atoms with Gasteiger partial charge in [0.2, 0.25) is 0 Å². The summed E-state index contributed by atoms with van der Waals surface area (Å²) in [7, 11) is 1.93. The molecule has 1 atom stereocenters. The van der Waals surface area contributed by atoms with Crippen LogP contribution < -0.4 is 0 Å². The third kappa shape index (κ3) is 2.55. The zero-order valence-corrected chi connectivity index (χ0v) is 10.4. The van der Waals surface area contributed by atoms with Crippen molar-refractivity contribution in [3.05, 3.63) is 35.4 Å². The topological polar surface area (TPSA) is 20.3 Å². The predicted molar refractivity (Wildman–Crippen MR) is 66.0 cm³/mol. The molecule has 1 saturated heterocycles. The first-order chi connectivity index (χ1) is 8.01. The molecule has 1 aromatic rings. The van der Waals surface area contributed by atoms with Gasteiger partial charge in [0, 0.05) is 12.1 Å². The third-order valence-electron chi connectivity index (χ3n) is 3.42. The van der Waals surface area contributed by atoms with Crippen molar-refractivity contribution in [2.24, 2.45) is 0 Å². The summed E-state index contributed by atoms with van der Waals surface area (Å²) in [4.78, 5) is 13.3. The summed E-state index contributed by atoms with van der Waals surface area (Å²) in [6.45, 7) is 2.86. The molecule has 17 heavy (non-hydrogen) atoms. The number of carbonyl (C=O) groups excluding carboxylic acids is 1. The average Bonchev–Trinajstić information content (AvgIpc) is 2.29. The van der Waals surface area contributed by atoms with E-state index in [0.717, 1.165) is 13.0 Å². The Morgan fingerprint density at radius 3 is 2.88 bits per heavy atom. The normalized spacial score (nSPS) is 25.8. The second-order valence-corrected chi connectivity index (χ2v) is 4.94. The molecule has 0 radical (unpaired) electrons. The van der Waals surface area contributed by atoms with Gasteiger partial charge in [-0.25, -0.2) is 4.39 Å². The minimum atomic E-state index is -1.31. The third-order valence-corrected chi connectivity index (χ3v) is 3.42. The summed E-state index contributed by atoms with van der Waals surface area (Å²) in [5.41, 5.74) is -0.0807. The summed E-state index contributed by atoms with van der Waals surface area (Å²) in [5.74, 6) is -0.0142. The number of alkyl halides is 1. The van der Waals surface area contributed by atoms with Gasteiger partial charge < -0.3 is 4.90 Å². The molecule has 2 rings (SSSR count). The van der Waals surface area contributed by atoms with Gasteiger partial charge in [0.15, 0.2) is 5.78 Å². The van der Waals surface area contributed by atoms with Crippen LogP contribution in [0.25, 0.3) is 0 Å². The first-order valence-corrected chi connectivity index (χ1v) is 6.00. The van der Waals surface area contributed by atoms with Crippen LogP contribution in [0.4, 0.5) is 4.39 Å². The second-order valence-electron chi connectivity index (χ2n) is 4.94. The van der Waals surface area contributed by atoms with Crippen LogP contribution in [-0.4, -0.2) is 30.8 Å². The largest absolute Gasteiger partial charge is 0.303 e. The van der Waals surface area contributed by atoms with Crippen molar-refractivity contribution in [1.82, 2.24) is 4.90 Å². The number of benzene rings is 1. The molecule has 1 aliphatic rings. The van der Waals surface area contributed by atoms with E-state index in [9.17, 15) is 9.18 Å². The SMILES string of the molecule is CC(=O)c1cccc(C2(F)CCCN(C)C2)c1. The van der Waals surface area contributed by atoms with Crippen molar-refractivity contribution in [3.63, 3.8) is 0 Å². The molecule has 0 N–H and O–H groups in total. The van der Waals surface area contributed by atoms with Crippen LogP contribution in [0.15, 0.2) is 24.3 Å². The number of halogens is 1.